The van der Waals surface area contributed by atoms with E-state index in [9.17, 15) is 9.18 Å². The zero-order chi connectivity index (χ0) is 22.1. The second-order valence-corrected chi connectivity index (χ2v) is 8.19. The molecular formula is C23H17FN6OS. The van der Waals surface area contributed by atoms with Crippen LogP contribution in [0.25, 0.3) is 21.6 Å². The van der Waals surface area contributed by atoms with E-state index in [0.717, 1.165) is 11.1 Å². The lowest BCUT2D eigenvalue weighted by Gasteiger charge is -2.04. The molecule has 0 aliphatic rings. The van der Waals surface area contributed by atoms with Crippen LogP contribution in [-0.2, 0) is 6.54 Å². The molecular weight excluding hydrogens is 427 g/mol. The molecule has 7 nitrogen and oxygen atoms in total. The van der Waals surface area contributed by atoms with Gasteiger partial charge in [-0.05, 0) is 31.2 Å². The number of hydrogen-bond acceptors (Lipinski definition) is 6. The van der Waals surface area contributed by atoms with Crippen LogP contribution in [0, 0.1) is 12.7 Å². The lowest BCUT2D eigenvalue weighted by atomic mass is 10.1. The first-order chi connectivity index (χ1) is 15.6. The van der Waals surface area contributed by atoms with Crippen molar-refractivity contribution < 1.29 is 9.18 Å². The van der Waals surface area contributed by atoms with Crippen LogP contribution in [0.15, 0.2) is 66.9 Å². The first kappa shape index (κ1) is 20.0. The fourth-order valence-corrected chi connectivity index (χ4v) is 4.14. The second kappa shape index (κ2) is 8.27. The highest BCUT2D eigenvalue weighted by atomic mass is 32.1. The van der Waals surface area contributed by atoms with Crippen LogP contribution >= 0.6 is 11.3 Å². The molecule has 0 radical (unpaired) electrons. The van der Waals surface area contributed by atoms with E-state index in [1.54, 1.807) is 36.5 Å². The number of anilines is 1. The normalized spacial score (nSPS) is 11.1. The van der Waals surface area contributed by atoms with E-state index in [0.29, 0.717) is 26.7 Å². The van der Waals surface area contributed by atoms with Gasteiger partial charge in [-0.2, -0.15) is 5.10 Å². The van der Waals surface area contributed by atoms with Crippen molar-refractivity contribution in [2.45, 2.75) is 13.5 Å². The Morgan fingerprint density at radius 2 is 1.97 bits per heavy atom. The first-order valence-electron chi connectivity index (χ1n) is 9.85. The summed E-state index contributed by atoms with van der Waals surface area (Å²) in [4.78, 5) is 17.4. The molecule has 0 bridgehead atoms. The lowest BCUT2D eigenvalue weighted by Crippen LogP contribution is -2.14. The van der Waals surface area contributed by atoms with Crippen LogP contribution in [-0.4, -0.2) is 30.9 Å². The van der Waals surface area contributed by atoms with Gasteiger partial charge in [-0.15, -0.1) is 10.2 Å². The number of pyridine rings is 1. The van der Waals surface area contributed by atoms with Gasteiger partial charge in [0.1, 0.15) is 10.8 Å². The molecule has 0 spiro atoms. The molecule has 1 amide bonds. The Kier molecular flexibility index (Phi) is 5.16. The van der Waals surface area contributed by atoms with Crippen LogP contribution in [0.1, 0.15) is 21.6 Å². The third-order valence-corrected chi connectivity index (χ3v) is 5.80. The van der Waals surface area contributed by atoms with E-state index >= 15 is 0 Å². The highest BCUT2D eigenvalue weighted by Crippen LogP contribution is 2.27. The highest BCUT2D eigenvalue weighted by molar-refractivity contribution is 7.18. The number of halogens is 1. The van der Waals surface area contributed by atoms with Crippen molar-refractivity contribution in [3.8, 4) is 10.6 Å². The van der Waals surface area contributed by atoms with E-state index in [1.807, 2.05) is 31.2 Å². The molecule has 9 heteroatoms. The average Bonchev–Trinajstić information content (AvgIpc) is 3.41. The largest absolute Gasteiger partial charge is 0.295 e. The molecule has 5 aromatic rings. The molecule has 0 atom stereocenters. The van der Waals surface area contributed by atoms with Gasteiger partial charge in [0.25, 0.3) is 5.91 Å². The maximum Gasteiger partial charge on any atom is 0.278 e. The molecule has 0 aliphatic heterocycles. The van der Waals surface area contributed by atoms with Gasteiger partial charge in [0.15, 0.2) is 11.3 Å². The summed E-state index contributed by atoms with van der Waals surface area (Å²) in [7, 11) is 0. The summed E-state index contributed by atoms with van der Waals surface area (Å²) in [6.07, 6.45) is 1.61. The predicted octanol–water partition coefficient (Wildman–Crippen LogP) is 4.70. The van der Waals surface area contributed by atoms with Gasteiger partial charge in [0.05, 0.1) is 11.9 Å². The lowest BCUT2D eigenvalue weighted by molar-refractivity contribution is 0.102. The van der Waals surface area contributed by atoms with Gasteiger partial charge in [-0.3, -0.25) is 10.1 Å². The summed E-state index contributed by atoms with van der Waals surface area (Å²) in [6, 6.07) is 17.9. The number of hydrogen-bond donors (Lipinski definition) is 1. The monoisotopic (exact) mass is 444 g/mol. The topological polar surface area (TPSA) is 85.6 Å². The summed E-state index contributed by atoms with van der Waals surface area (Å²) >= 11 is 1.28. The summed E-state index contributed by atoms with van der Waals surface area (Å²) in [6.45, 7) is 2.16. The van der Waals surface area contributed by atoms with E-state index < -0.39 is 5.91 Å². The van der Waals surface area contributed by atoms with E-state index in [4.69, 9.17) is 0 Å². The summed E-state index contributed by atoms with van der Waals surface area (Å²) in [5.41, 5.74) is 3.20. The Morgan fingerprint density at radius 3 is 2.81 bits per heavy atom. The number of amides is 1. The number of nitrogens with one attached hydrogen (secondary N) is 1. The molecule has 3 aromatic heterocycles. The number of aromatic nitrogens is 5. The minimum atomic E-state index is -0.428. The molecule has 0 saturated carbocycles. The Bertz CT molecular complexity index is 1440. The van der Waals surface area contributed by atoms with Gasteiger partial charge in [-0.25, -0.2) is 14.1 Å². The third-order valence-electron chi connectivity index (χ3n) is 4.91. The number of rotatable bonds is 5. The van der Waals surface area contributed by atoms with Crippen molar-refractivity contribution in [3.05, 3.63) is 89.5 Å². The maximum absolute atomic E-state index is 14.1. The number of carbonyl (C=O) groups excluding carboxylic acids is 1. The van der Waals surface area contributed by atoms with Crippen molar-refractivity contribution in [2.24, 2.45) is 0 Å². The molecule has 0 saturated heterocycles. The minimum Gasteiger partial charge on any atom is -0.295 e. The summed E-state index contributed by atoms with van der Waals surface area (Å²) in [5, 5.41) is 17.1. The first-order valence-corrected chi connectivity index (χ1v) is 10.7. The van der Waals surface area contributed by atoms with Crippen molar-refractivity contribution in [1.82, 2.24) is 25.0 Å². The quantitative estimate of drug-likeness (QED) is 0.425. The van der Waals surface area contributed by atoms with Crippen molar-refractivity contribution in [1.29, 1.82) is 0 Å². The third kappa shape index (κ3) is 3.85. The van der Waals surface area contributed by atoms with Gasteiger partial charge in [0.2, 0.25) is 5.13 Å². The average molecular weight is 444 g/mol. The fraction of sp³-hybridized carbons (Fsp3) is 0.0870. The van der Waals surface area contributed by atoms with Gasteiger partial charge in [0, 0.05) is 17.3 Å². The number of fused-ring (bicyclic) bond motifs is 1. The molecule has 0 fully saturated rings. The van der Waals surface area contributed by atoms with Crippen LogP contribution in [0.2, 0.25) is 0 Å². The summed E-state index contributed by atoms with van der Waals surface area (Å²) in [5.74, 6) is -0.766. The van der Waals surface area contributed by atoms with Crippen molar-refractivity contribution >= 4 is 33.4 Å². The molecule has 0 unspecified atom stereocenters. The number of aryl methyl sites for hydroxylation is 1. The number of carbonyl (C=O) groups is 1. The number of benzene rings is 2. The van der Waals surface area contributed by atoms with E-state index in [-0.39, 0.29) is 18.1 Å². The molecule has 3 heterocycles. The van der Waals surface area contributed by atoms with E-state index in [1.165, 1.54) is 22.1 Å². The Hall–Kier alpha value is -3.98. The van der Waals surface area contributed by atoms with Gasteiger partial charge in [-0.1, -0.05) is 53.3 Å². The smallest absolute Gasteiger partial charge is 0.278 e. The minimum absolute atomic E-state index is 0.157. The predicted molar refractivity (Wildman–Crippen MR) is 121 cm³/mol. The summed E-state index contributed by atoms with van der Waals surface area (Å²) < 4.78 is 15.7. The van der Waals surface area contributed by atoms with Crippen LogP contribution in [0.5, 0.6) is 0 Å². The Morgan fingerprint density at radius 1 is 1.09 bits per heavy atom. The molecule has 2 aromatic carbocycles. The molecule has 32 heavy (non-hydrogen) atoms. The Balaban J connectivity index is 1.44. The zero-order valence-corrected chi connectivity index (χ0v) is 17.8. The van der Waals surface area contributed by atoms with Crippen molar-refractivity contribution in [3.63, 3.8) is 0 Å². The van der Waals surface area contributed by atoms with Crippen LogP contribution in [0.4, 0.5) is 9.52 Å². The van der Waals surface area contributed by atoms with Crippen LogP contribution < -0.4 is 5.32 Å². The number of nitrogens with zero attached hydrogens (tertiary/aromatic N) is 5. The molecule has 1 N–H and O–H groups in total. The maximum atomic E-state index is 14.1. The van der Waals surface area contributed by atoms with Crippen molar-refractivity contribution in [2.75, 3.05) is 5.32 Å². The standard InChI is InChI=1S/C23H17FN6OS/c1-14-6-4-8-15(12-14)22-27-28-23(32-22)26-21(31)19-17-9-5-11-25-20(17)30(29-19)13-16-7-2-3-10-18(16)24/h2-12H,13H2,1H3,(H,26,28,31). The fourth-order valence-electron chi connectivity index (χ4n) is 3.40. The molecule has 0 aliphatic carbocycles. The molecule has 5 rings (SSSR count). The molecule has 158 valence electrons. The zero-order valence-electron chi connectivity index (χ0n) is 17.0. The second-order valence-electron chi connectivity index (χ2n) is 7.21. The van der Waals surface area contributed by atoms with E-state index in [2.05, 4.69) is 25.6 Å². The SMILES string of the molecule is Cc1cccc(-c2nnc(NC(=O)c3nn(Cc4ccccc4F)c4ncccc34)s2)c1. The highest BCUT2D eigenvalue weighted by Gasteiger charge is 2.20. The van der Waals surface area contributed by atoms with Gasteiger partial charge >= 0.3 is 0 Å². The van der Waals surface area contributed by atoms with Crippen LogP contribution in [0.3, 0.4) is 0 Å². The Labute approximate surface area is 186 Å². The van der Waals surface area contributed by atoms with Gasteiger partial charge < -0.3 is 0 Å².